The molecule has 0 N–H and O–H groups in total. The van der Waals surface area contributed by atoms with Crippen LogP contribution in [0.2, 0.25) is 0 Å². The third-order valence-corrected chi connectivity index (χ3v) is 5.23. The van der Waals surface area contributed by atoms with Crippen LogP contribution in [0.1, 0.15) is 0 Å². The van der Waals surface area contributed by atoms with Gasteiger partial charge in [-0.3, -0.25) is 9.59 Å². The van der Waals surface area contributed by atoms with E-state index in [2.05, 4.69) is 9.97 Å². The summed E-state index contributed by atoms with van der Waals surface area (Å²) in [5.41, 5.74) is 0.749. The van der Waals surface area contributed by atoms with Crippen LogP contribution in [0.3, 0.4) is 0 Å². The van der Waals surface area contributed by atoms with Gasteiger partial charge in [0.2, 0.25) is 0 Å². The molecule has 0 atom stereocenters. The van der Waals surface area contributed by atoms with E-state index in [1.165, 1.54) is 34.3 Å². The second-order valence-electron chi connectivity index (χ2n) is 5.06. The number of aromatic nitrogens is 2. The molecule has 0 aliphatic heterocycles. The molecule has 0 fully saturated rings. The van der Waals surface area contributed by atoms with Gasteiger partial charge in [0, 0.05) is 18.1 Å². The highest BCUT2D eigenvalue weighted by Gasteiger charge is 2.14. The molecule has 1 aromatic carbocycles. The molecule has 0 saturated heterocycles. The van der Waals surface area contributed by atoms with Gasteiger partial charge in [0.25, 0.3) is 5.91 Å². The van der Waals surface area contributed by atoms with Crippen LogP contribution in [0.25, 0.3) is 10.2 Å². The number of thioether (sulfide) groups is 1. The molecule has 25 heavy (non-hydrogen) atoms. The van der Waals surface area contributed by atoms with Crippen LogP contribution in [0, 0.1) is 0 Å². The lowest BCUT2D eigenvalue weighted by atomic mass is 10.3. The van der Waals surface area contributed by atoms with Gasteiger partial charge < -0.3 is 9.64 Å². The summed E-state index contributed by atoms with van der Waals surface area (Å²) in [6.07, 6.45) is 1.48. The number of benzene rings is 1. The minimum atomic E-state index is -0.457. The average Bonchev–Trinajstić information content (AvgIpc) is 3.13. The fraction of sp³-hybridized carbons (Fsp3) is 0.176. The van der Waals surface area contributed by atoms with Gasteiger partial charge in [0.1, 0.15) is 16.2 Å². The number of esters is 1. The molecule has 3 aromatic rings. The Bertz CT molecular complexity index is 883. The number of amides is 1. The van der Waals surface area contributed by atoms with Crippen LogP contribution in [0.5, 0.6) is 0 Å². The number of hydrogen-bond acceptors (Lipinski definition) is 7. The second-order valence-corrected chi connectivity index (χ2v) is 6.91. The number of rotatable bonds is 6. The number of carbonyl (C=O) groups is 2. The smallest absolute Gasteiger partial charge is 0.316 e. The van der Waals surface area contributed by atoms with Crippen molar-refractivity contribution >= 4 is 50.9 Å². The van der Waals surface area contributed by atoms with E-state index in [9.17, 15) is 9.59 Å². The Morgan fingerprint density at radius 3 is 2.80 bits per heavy atom. The highest BCUT2D eigenvalue weighted by Crippen LogP contribution is 2.27. The lowest BCUT2D eigenvalue weighted by Crippen LogP contribution is -2.31. The van der Waals surface area contributed by atoms with Gasteiger partial charge in [-0.05, 0) is 23.6 Å². The topological polar surface area (TPSA) is 72.4 Å². The van der Waals surface area contributed by atoms with E-state index >= 15 is 0 Å². The van der Waals surface area contributed by atoms with Gasteiger partial charge in [0.05, 0.1) is 5.75 Å². The minimum Gasteiger partial charge on any atom is -0.455 e. The van der Waals surface area contributed by atoms with Crippen molar-refractivity contribution in [3.63, 3.8) is 0 Å². The summed E-state index contributed by atoms with van der Waals surface area (Å²) in [6, 6.07) is 11.1. The van der Waals surface area contributed by atoms with Crippen LogP contribution in [0.4, 0.5) is 5.69 Å². The van der Waals surface area contributed by atoms with Crippen molar-refractivity contribution < 1.29 is 14.3 Å². The van der Waals surface area contributed by atoms with Crippen molar-refractivity contribution in [3.8, 4) is 0 Å². The Balaban J connectivity index is 1.50. The van der Waals surface area contributed by atoms with E-state index < -0.39 is 5.97 Å². The van der Waals surface area contributed by atoms with Crippen molar-refractivity contribution in [3.05, 3.63) is 48.1 Å². The van der Waals surface area contributed by atoms with E-state index in [1.807, 2.05) is 41.8 Å². The number of fused-ring (bicyclic) bond motifs is 1. The van der Waals surface area contributed by atoms with Crippen molar-refractivity contribution in [2.24, 2.45) is 0 Å². The molecular formula is C17H15N3O3S2. The first-order chi connectivity index (χ1) is 12.1. The summed E-state index contributed by atoms with van der Waals surface area (Å²) < 4.78 is 5.07. The molecule has 0 spiro atoms. The van der Waals surface area contributed by atoms with E-state index in [0.29, 0.717) is 0 Å². The Kier molecular flexibility index (Phi) is 5.62. The minimum absolute atomic E-state index is 0.0876. The van der Waals surface area contributed by atoms with Crippen molar-refractivity contribution in [2.75, 3.05) is 24.3 Å². The molecule has 2 heterocycles. The third-order valence-electron chi connectivity index (χ3n) is 3.43. The lowest BCUT2D eigenvalue weighted by Gasteiger charge is -2.17. The quantitative estimate of drug-likeness (QED) is 0.376. The van der Waals surface area contributed by atoms with Crippen LogP contribution in [-0.2, 0) is 14.3 Å². The van der Waals surface area contributed by atoms with E-state index in [1.54, 1.807) is 7.05 Å². The maximum absolute atomic E-state index is 12.1. The van der Waals surface area contributed by atoms with Gasteiger partial charge in [-0.25, -0.2) is 9.97 Å². The molecule has 128 valence electrons. The maximum atomic E-state index is 12.1. The Morgan fingerprint density at radius 1 is 1.20 bits per heavy atom. The summed E-state index contributed by atoms with van der Waals surface area (Å²) in [5, 5.41) is 3.58. The Labute approximate surface area is 152 Å². The molecule has 8 heteroatoms. The average molecular weight is 373 g/mol. The molecule has 0 aliphatic carbocycles. The number of likely N-dealkylation sites (N-methyl/N-ethyl adjacent to an activating group) is 1. The van der Waals surface area contributed by atoms with E-state index in [0.717, 1.165) is 20.9 Å². The van der Waals surface area contributed by atoms with Gasteiger partial charge in [0.15, 0.2) is 6.61 Å². The van der Waals surface area contributed by atoms with E-state index in [4.69, 9.17) is 4.74 Å². The molecule has 0 saturated carbocycles. The van der Waals surface area contributed by atoms with Gasteiger partial charge in [-0.15, -0.1) is 11.3 Å². The van der Waals surface area contributed by atoms with Crippen molar-refractivity contribution in [2.45, 2.75) is 5.03 Å². The number of anilines is 1. The second kappa shape index (κ2) is 8.09. The van der Waals surface area contributed by atoms with Crippen molar-refractivity contribution in [1.82, 2.24) is 9.97 Å². The summed E-state index contributed by atoms with van der Waals surface area (Å²) >= 11 is 2.80. The van der Waals surface area contributed by atoms with Crippen LogP contribution in [0.15, 0.2) is 53.1 Å². The monoisotopic (exact) mass is 373 g/mol. The Morgan fingerprint density at radius 2 is 2.00 bits per heavy atom. The molecule has 1 amide bonds. The first-order valence-electron chi connectivity index (χ1n) is 7.43. The largest absolute Gasteiger partial charge is 0.455 e. The van der Waals surface area contributed by atoms with Gasteiger partial charge in [-0.2, -0.15) is 0 Å². The predicted molar refractivity (Wildman–Crippen MR) is 99.0 cm³/mol. The highest BCUT2D eigenvalue weighted by molar-refractivity contribution is 8.00. The molecule has 0 unspecified atom stereocenters. The van der Waals surface area contributed by atoms with Crippen LogP contribution in [-0.4, -0.2) is 41.3 Å². The fourth-order valence-electron chi connectivity index (χ4n) is 2.09. The first-order valence-corrected chi connectivity index (χ1v) is 9.30. The summed E-state index contributed by atoms with van der Waals surface area (Å²) in [4.78, 5) is 34.7. The standard InChI is InChI=1S/C17H15N3O3S2/c1-20(12-5-3-2-4-6-12)14(21)9-23-15(22)10-25-17-13-7-8-24-16(13)18-11-19-17/h2-8,11H,9-10H2,1H3. The maximum Gasteiger partial charge on any atom is 0.316 e. The molecule has 3 rings (SSSR count). The normalized spacial score (nSPS) is 10.6. The number of nitrogens with zero attached hydrogens (tertiary/aromatic N) is 3. The number of carbonyl (C=O) groups excluding carboxylic acids is 2. The van der Waals surface area contributed by atoms with Crippen LogP contribution < -0.4 is 4.90 Å². The summed E-state index contributed by atoms with van der Waals surface area (Å²) in [5.74, 6) is -0.654. The first kappa shape index (κ1) is 17.4. The SMILES string of the molecule is CN(C(=O)COC(=O)CSc1ncnc2sccc12)c1ccccc1. The molecule has 6 nitrogen and oxygen atoms in total. The number of hydrogen-bond donors (Lipinski definition) is 0. The molecule has 0 aliphatic rings. The van der Waals surface area contributed by atoms with E-state index in [-0.39, 0.29) is 18.3 Å². The third kappa shape index (κ3) is 4.34. The Hall–Kier alpha value is -2.45. The molecule has 0 bridgehead atoms. The molecule has 0 radical (unpaired) electrons. The van der Waals surface area contributed by atoms with Gasteiger partial charge in [-0.1, -0.05) is 30.0 Å². The summed E-state index contributed by atoms with van der Waals surface area (Å²) in [6.45, 7) is -0.289. The zero-order chi connectivity index (χ0) is 17.6. The zero-order valence-electron chi connectivity index (χ0n) is 13.4. The van der Waals surface area contributed by atoms with Gasteiger partial charge >= 0.3 is 5.97 Å². The molecular weight excluding hydrogens is 358 g/mol. The number of ether oxygens (including phenoxy) is 1. The zero-order valence-corrected chi connectivity index (χ0v) is 15.0. The van der Waals surface area contributed by atoms with Crippen LogP contribution >= 0.6 is 23.1 Å². The van der Waals surface area contributed by atoms with Crippen molar-refractivity contribution in [1.29, 1.82) is 0 Å². The predicted octanol–water partition coefficient (Wildman–Crippen LogP) is 2.99. The highest BCUT2D eigenvalue weighted by atomic mass is 32.2. The summed E-state index contributed by atoms with van der Waals surface area (Å²) in [7, 11) is 1.65. The lowest BCUT2D eigenvalue weighted by molar-refractivity contribution is -0.145. The molecule has 2 aromatic heterocycles. The fourth-order valence-corrected chi connectivity index (χ4v) is 3.66. The number of thiophene rings is 1. The number of para-hydroxylation sites is 1.